The molecule has 0 saturated heterocycles. The van der Waals surface area contributed by atoms with Gasteiger partial charge in [0, 0.05) is 0 Å². The third-order valence-corrected chi connectivity index (χ3v) is 2.36. The summed E-state index contributed by atoms with van der Waals surface area (Å²) < 4.78 is 40.5. The summed E-state index contributed by atoms with van der Waals surface area (Å²) in [7, 11) is 1.50. The molecule has 0 aliphatic carbocycles. The molecule has 0 fully saturated rings. The lowest BCUT2D eigenvalue weighted by Crippen LogP contribution is -2.06. The zero-order chi connectivity index (χ0) is 11.5. The van der Waals surface area contributed by atoms with Gasteiger partial charge in [-0.1, -0.05) is 12.1 Å². The van der Waals surface area contributed by atoms with E-state index in [-0.39, 0.29) is 0 Å². The van der Waals surface area contributed by atoms with Gasteiger partial charge < -0.3 is 4.74 Å². The topological polar surface area (TPSA) is 9.23 Å². The normalized spacial score (nSPS) is 12.7. The van der Waals surface area contributed by atoms with Crippen LogP contribution in [0, 0.1) is 0 Å². The van der Waals surface area contributed by atoms with Gasteiger partial charge in [0.15, 0.2) is 0 Å². The minimum Gasteiger partial charge on any atom is -0.497 e. The molecule has 0 heterocycles. The Hall–Kier alpha value is -0.970. The van der Waals surface area contributed by atoms with E-state index in [0.717, 1.165) is 6.08 Å². The van der Waals surface area contributed by atoms with Crippen LogP contribution in [0.25, 0.3) is 6.08 Å². The van der Waals surface area contributed by atoms with E-state index in [1.165, 1.54) is 7.11 Å². The minimum atomic E-state index is -4.35. The fourth-order valence-electron chi connectivity index (χ4n) is 0.928. The Kier molecular flexibility index (Phi) is 3.79. The first-order valence-corrected chi connectivity index (χ1v) is 4.81. The SMILES string of the molecule is COc1ccc(/C=C(\Br)C(F)(F)F)cc1. The van der Waals surface area contributed by atoms with E-state index in [1.54, 1.807) is 24.3 Å². The number of alkyl halides is 3. The summed E-state index contributed by atoms with van der Waals surface area (Å²) in [6.07, 6.45) is -3.33. The molecule has 0 aliphatic heterocycles. The standard InChI is InChI=1S/C10H8BrF3O/c1-15-8-4-2-7(3-5-8)6-9(11)10(12,13)14/h2-6H,1H3/b9-6-. The Bertz CT molecular complexity index is 354. The monoisotopic (exact) mass is 280 g/mol. The summed E-state index contributed by atoms with van der Waals surface area (Å²) in [4.78, 5) is 0. The molecule has 1 rings (SSSR count). The highest BCUT2D eigenvalue weighted by atomic mass is 79.9. The maximum absolute atomic E-state index is 12.1. The van der Waals surface area contributed by atoms with E-state index in [9.17, 15) is 13.2 Å². The zero-order valence-corrected chi connectivity index (χ0v) is 9.39. The van der Waals surface area contributed by atoms with Crippen molar-refractivity contribution in [1.29, 1.82) is 0 Å². The number of allylic oxidation sites excluding steroid dienone is 1. The van der Waals surface area contributed by atoms with Crippen molar-refractivity contribution in [2.24, 2.45) is 0 Å². The average Bonchev–Trinajstić information content (AvgIpc) is 2.17. The summed E-state index contributed by atoms with van der Waals surface area (Å²) >= 11 is 2.48. The number of methoxy groups -OCH3 is 1. The van der Waals surface area contributed by atoms with Gasteiger partial charge in [0.05, 0.1) is 11.6 Å². The molecular formula is C10H8BrF3O. The van der Waals surface area contributed by atoms with Gasteiger partial charge >= 0.3 is 6.18 Å². The van der Waals surface area contributed by atoms with Crippen molar-refractivity contribution in [2.45, 2.75) is 6.18 Å². The molecule has 1 aromatic carbocycles. The zero-order valence-electron chi connectivity index (χ0n) is 7.81. The van der Waals surface area contributed by atoms with Crippen molar-refractivity contribution < 1.29 is 17.9 Å². The molecule has 0 aliphatic rings. The lowest BCUT2D eigenvalue weighted by atomic mass is 10.2. The Balaban J connectivity index is 2.89. The number of hydrogen-bond donors (Lipinski definition) is 0. The molecular weight excluding hydrogens is 273 g/mol. The highest BCUT2D eigenvalue weighted by molar-refractivity contribution is 9.11. The second kappa shape index (κ2) is 4.70. The van der Waals surface area contributed by atoms with Gasteiger partial charge in [-0.25, -0.2) is 0 Å². The predicted octanol–water partition coefficient (Wildman–Crippen LogP) is 3.99. The first kappa shape index (κ1) is 12.1. The molecule has 0 bridgehead atoms. The predicted molar refractivity (Wildman–Crippen MR) is 56.0 cm³/mol. The molecule has 5 heteroatoms. The summed E-state index contributed by atoms with van der Waals surface area (Å²) in [6, 6.07) is 6.29. The Morgan fingerprint density at radius 1 is 1.27 bits per heavy atom. The molecule has 0 amide bonds. The fraction of sp³-hybridized carbons (Fsp3) is 0.200. The first-order valence-electron chi connectivity index (χ1n) is 4.02. The summed E-state index contributed by atoms with van der Waals surface area (Å²) in [5, 5.41) is 0. The minimum absolute atomic E-state index is 0.458. The molecule has 0 atom stereocenters. The van der Waals surface area contributed by atoms with Crippen molar-refractivity contribution in [3.63, 3.8) is 0 Å². The van der Waals surface area contributed by atoms with Crippen molar-refractivity contribution >= 4 is 22.0 Å². The van der Waals surface area contributed by atoms with Gasteiger partial charge in [0.2, 0.25) is 0 Å². The number of ether oxygens (including phenoxy) is 1. The molecule has 0 spiro atoms. The maximum atomic E-state index is 12.1. The van der Waals surface area contributed by atoms with Crippen LogP contribution in [-0.4, -0.2) is 13.3 Å². The van der Waals surface area contributed by atoms with E-state index >= 15 is 0 Å². The molecule has 1 nitrogen and oxygen atoms in total. The number of rotatable bonds is 2. The van der Waals surface area contributed by atoms with Crippen LogP contribution in [0.4, 0.5) is 13.2 Å². The van der Waals surface area contributed by atoms with E-state index < -0.39 is 10.7 Å². The first-order chi connectivity index (χ1) is 6.93. The van der Waals surface area contributed by atoms with Crippen molar-refractivity contribution in [3.8, 4) is 5.75 Å². The largest absolute Gasteiger partial charge is 0.497 e. The third kappa shape index (κ3) is 3.58. The van der Waals surface area contributed by atoms with Gasteiger partial charge in [-0.3, -0.25) is 0 Å². The second-order valence-electron chi connectivity index (χ2n) is 2.76. The average molecular weight is 281 g/mol. The van der Waals surface area contributed by atoms with Crippen LogP contribution in [0.1, 0.15) is 5.56 Å². The fourth-order valence-corrected chi connectivity index (χ4v) is 1.19. The molecule has 82 valence electrons. The third-order valence-electron chi connectivity index (χ3n) is 1.68. The smallest absolute Gasteiger partial charge is 0.422 e. The van der Waals surface area contributed by atoms with Crippen LogP contribution in [0.2, 0.25) is 0 Å². The maximum Gasteiger partial charge on any atom is 0.422 e. The number of halogens is 4. The Morgan fingerprint density at radius 2 is 1.80 bits per heavy atom. The highest BCUT2D eigenvalue weighted by Crippen LogP contribution is 2.32. The van der Waals surface area contributed by atoms with Gasteiger partial charge in [0.1, 0.15) is 5.75 Å². The number of benzene rings is 1. The van der Waals surface area contributed by atoms with E-state index in [4.69, 9.17) is 4.74 Å². The van der Waals surface area contributed by atoms with Gasteiger partial charge in [0.25, 0.3) is 0 Å². The molecule has 0 aromatic heterocycles. The van der Waals surface area contributed by atoms with Crippen LogP contribution < -0.4 is 4.74 Å². The van der Waals surface area contributed by atoms with Crippen LogP contribution >= 0.6 is 15.9 Å². The Morgan fingerprint density at radius 3 is 2.20 bits per heavy atom. The van der Waals surface area contributed by atoms with Crippen molar-refractivity contribution in [2.75, 3.05) is 7.11 Å². The lowest BCUT2D eigenvalue weighted by Gasteiger charge is -2.04. The van der Waals surface area contributed by atoms with Crippen LogP contribution in [0.3, 0.4) is 0 Å². The highest BCUT2D eigenvalue weighted by Gasteiger charge is 2.31. The lowest BCUT2D eigenvalue weighted by molar-refractivity contribution is -0.0820. The van der Waals surface area contributed by atoms with E-state index in [1.807, 2.05) is 0 Å². The molecule has 1 aromatic rings. The van der Waals surface area contributed by atoms with Crippen LogP contribution in [0.5, 0.6) is 5.75 Å². The van der Waals surface area contributed by atoms with E-state index in [2.05, 4.69) is 15.9 Å². The van der Waals surface area contributed by atoms with Crippen LogP contribution in [-0.2, 0) is 0 Å². The molecule has 0 N–H and O–H groups in total. The van der Waals surface area contributed by atoms with Crippen molar-refractivity contribution in [1.82, 2.24) is 0 Å². The summed E-state index contributed by atoms with van der Waals surface area (Å²) in [6.45, 7) is 0. The Labute approximate surface area is 93.7 Å². The summed E-state index contributed by atoms with van der Waals surface area (Å²) in [5.41, 5.74) is 0.458. The number of hydrogen-bond acceptors (Lipinski definition) is 1. The molecule has 15 heavy (non-hydrogen) atoms. The quantitative estimate of drug-likeness (QED) is 0.796. The summed E-state index contributed by atoms with van der Waals surface area (Å²) in [5.74, 6) is 0.607. The van der Waals surface area contributed by atoms with Crippen molar-refractivity contribution in [3.05, 3.63) is 34.3 Å². The van der Waals surface area contributed by atoms with E-state index in [0.29, 0.717) is 11.3 Å². The molecule has 0 unspecified atom stereocenters. The molecule has 0 radical (unpaired) electrons. The molecule has 0 saturated carbocycles. The second-order valence-corrected chi connectivity index (χ2v) is 3.62. The van der Waals surface area contributed by atoms with Gasteiger partial charge in [-0.15, -0.1) is 0 Å². The van der Waals surface area contributed by atoms with Gasteiger partial charge in [-0.05, 0) is 39.7 Å². The van der Waals surface area contributed by atoms with Crippen LogP contribution in [0.15, 0.2) is 28.7 Å². The van der Waals surface area contributed by atoms with Gasteiger partial charge in [-0.2, -0.15) is 13.2 Å².